The number of rotatable bonds is 5. The van der Waals surface area contributed by atoms with Crippen LogP contribution in [0.1, 0.15) is 25.5 Å². The monoisotopic (exact) mass is 348 g/mol. The maximum Gasteiger partial charge on any atom is 0.293 e. The second-order valence-corrected chi connectivity index (χ2v) is 6.11. The summed E-state index contributed by atoms with van der Waals surface area (Å²) in [7, 11) is 0. The Hall–Kier alpha value is -1.88. The van der Waals surface area contributed by atoms with Gasteiger partial charge in [0.1, 0.15) is 5.69 Å². The van der Waals surface area contributed by atoms with E-state index in [0.717, 1.165) is 5.56 Å². The predicted molar refractivity (Wildman–Crippen MR) is 88.4 cm³/mol. The summed E-state index contributed by atoms with van der Waals surface area (Å²) in [6.45, 7) is 4.19. The van der Waals surface area contributed by atoms with Crippen LogP contribution in [0.2, 0.25) is 0 Å². The lowest BCUT2D eigenvalue weighted by Gasteiger charge is -2.24. The summed E-state index contributed by atoms with van der Waals surface area (Å²) >= 11 is 3.27. The van der Waals surface area contributed by atoms with Crippen molar-refractivity contribution in [2.24, 2.45) is 5.92 Å². The van der Waals surface area contributed by atoms with Crippen molar-refractivity contribution in [3.05, 3.63) is 68.7 Å². The molecule has 0 aliphatic heterocycles. The van der Waals surface area contributed by atoms with Crippen molar-refractivity contribution in [3.8, 4) is 0 Å². The van der Waals surface area contributed by atoms with Crippen LogP contribution in [0.4, 0.5) is 11.4 Å². The summed E-state index contributed by atoms with van der Waals surface area (Å²) in [5, 5.41) is 14.5. The molecular formula is C16H17BrN2O2. The van der Waals surface area contributed by atoms with E-state index in [0.29, 0.717) is 16.1 Å². The van der Waals surface area contributed by atoms with Gasteiger partial charge in [-0.05, 0) is 23.6 Å². The lowest BCUT2D eigenvalue weighted by atomic mass is 9.95. The summed E-state index contributed by atoms with van der Waals surface area (Å²) in [6.07, 6.45) is 0. The van der Waals surface area contributed by atoms with Crippen molar-refractivity contribution >= 4 is 27.3 Å². The summed E-state index contributed by atoms with van der Waals surface area (Å²) in [5.41, 5.74) is 1.72. The fourth-order valence-electron chi connectivity index (χ4n) is 2.24. The van der Waals surface area contributed by atoms with Gasteiger partial charge >= 0.3 is 0 Å². The first-order valence-corrected chi connectivity index (χ1v) is 7.53. The highest BCUT2D eigenvalue weighted by molar-refractivity contribution is 9.10. The SMILES string of the molecule is CC(C)C(Nc1ccc(Br)cc1[N+](=O)[O-])c1ccccc1. The van der Waals surface area contributed by atoms with E-state index < -0.39 is 0 Å². The van der Waals surface area contributed by atoms with Crippen LogP contribution in [-0.4, -0.2) is 4.92 Å². The third kappa shape index (κ3) is 3.82. The Balaban J connectivity index is 2.36. The lowest BCUT2D eigenvalue weighted by Crippen LogP contribution is -2.17. The first-order chi connectivity index (χ1) is 9.99. The van der Waals surface area contributed by atoms with Gasteiger partial charge in [0.05, 0.1) is 11.0 Å². The zero-order chi connectivity index (χ0) is 15.4. The van der Waals surface area contributed by atoms with Gasteiger partial charge in [0.15, 0.2) is 0 Å². The molecule has 0 bridgehead atoms. The van der Waals surface area contributed by atoms with Crippen LogP contribution >= 0.6 is 15.9 Å². The summed E-state index contributed by atoms with van der Waals surface area (Å²) < 4.78 is 0.695. The Labute approximate surface area is 132 Å². The first-order valence-electron chi connectivity index (χ1n) is 6.74. The highest BCUT2D eigenvalue weighted by Gasteiger charge is 2.20. The molecule has 0 aliphatic rings. The molecule has 0 aliphatic carbocycles. The fraction of sp³-hybridized carbons (Fsp3) is 0.250. The number of nitro benzene ring substituents is 1. The molecule has 21 heavy (non-hydrogen) atoms. The molecule has 0 heterocycles. The Bertz CT molecular complexity index is 629. The van der Waals surface area contributed by atoms with E-state index in [9.17, 15) is 10.1 Å². The molecular weight excluding hydrogens is 332 g/mol. The van der Waals surface area contributed by atoms with Crippen LogP contribution in [0.5, 0.6) is 0 Å². The normalized spacial score (nSPS) is 12.2. The van der Waals surface area contributed by atoms with Gasteiger partial charge in [-0.3, -0.25) is 10.1 Å². The maximum atomic E-state index is 11.2. The minimum Gasteiger partial charge on any atom is -0.372 e. The number of hydrogen-bond donors (Lipinski definition) is 1. The van der Waals surface area contributed by atoms with E-state index >= 15 is 0 Å². The van der Waals surface area contributed by atoms with E-state index in [4.69, 9.17) is 0 Å². The molecule has 0 radical (unpaired) electrons. The number of nitro groups is 1. The standard InChI is InChI=1S/C16H17BrN2O2/c1-11(2)16(12-6-4-3-5-7-12)18-14-9-8-13(17)10-15(14)19(20)21/h3-11,16,18H,1-2H3. The molecule has 0 saturated heterocycles. The van der Waals surface area contributed by atoms with E-state index in [1.54, 1.807) is 12.1 Å². The molecule has 0 saturated carbocycles. The fourth-order valence-corrected chi connectivity index (χ4v) is 2.59. The zero-order valence-corrected chi connectivity index (χ0v) is 13.5. The Kier molecular flexibility index (Phi) is 4.96. The highest BCUT2D eigenvalue weighted by Crippen LogP contribution is 2.33. The number of anilines is 1. The van der Waals surface area contributed by atoms with Crippen molar-refractivity contribution in [1.82, 2.24) is 0 Å². The maximum absolute atomic E-state index is 11.2. The van der Waals surface area contributed by atoms with Crippen LogP contribution in [0, 0.1) is 16.0 Å². The Morgan fingerprint density at radius 3 is 2.38 bits per heavy atom. The molecule has 0 fully saturated rings. The Morgan fingerprint density at radius 2 is 1.81 bits per heavy atom. The molecule has 2 rings (SSSR count). The topological polar surface area (TPSA) is 55.2 Å². The second kappa shape index (κ2) is 6.72. The summed E-state index contributed by atoms with van der Waals surface area (Å²) in [5.74, 6) is 0.302. The average Bonchev–Trinajstić information content (AvgIpc) is 2.46. The van der Waals surface area contributed by atoms with Gasteiger partial charge in [-0.25, -0.2) is 0 Å². The predicted octanol–water partition coefficient (Wildman–Crippen LogP) is 5.17. The second-order valence-electron chi connectivity index (χ2n) is 5.20. The van der Waals surface area contributed by atoms with Gasteiger partial charge in [0, 0.05) is 10.5 Å². The molecule has 2 aromatic carbocycles. The minimum absolute atomic E-state index is 0.0195. The van der Waals surface area contributed by atoms with Crippen molar-refractivity contribution in [2.75, 3.05) is 5.32 Å². The number of halogens is 1. The van der Waals surface area contributed by atoms with Crippen LogP contribution in [-0.2, 0) is 0 Å². The van der Waals surface area contributed by atoms with E-state index in [1.807, 2.05) is 30.3 Å². The third-order valence-electron chi connectivity index (χ3n) is 3.29. The van der Waals surface area contributed by atoms with Gasteiger partial charge in [0.2, 0.25) is 0 Å². The van der Waals surface area contributed by atoms with Crippen LogP contribution in [0.15, 0.2) is 53.0 Å². The van der Waals surface area contributed by atoms with Gasteiger partial charge in [-0.1, -0.05) is 60.1 Å². The molecule has 0 amide bonds. The van der Waals surface area contributed by atoms with Crippen molar-refractivity contribution in [1.29, 1.82) is 0 Å². The van der Waals surface area contributed by atoms with Gasteiger partial charge < -0.3 is 5.32 Å². The van der Waals surface area contributed by atoms with E-state index in [1.165, 1.54) is 6.07 Å². The summed E-state index contributed by atoms with van der Waals surface area (Å²) in [6, 6.07) is 15.0. The minimum atomic E-state index is -0.366. The first kappa shape index (κ1) is 15.5. The van der Waals surface area contributed by atoms with E-state index in [-0.39, 0.29) is 16.7 Å². The lowest BCUT2D eigenvalue weighted by molar-refractivity contribution is -0.384. The van der Waals surface area contributed by atoms with Crippen LogP contribution in [0.3, 0.4) is 0 Å². The zero-order valence-electron chi connectivity index (χ0n) is 11.9. The number of hydrogen-bond acceptors (Lipinski definition) is 3. The molecule has 5 heteroatoms. The van der Waals surface area contributed by atoms with Crippen molar-refractivity contribution < 1.29 is 4.92 Å². The molecule has 1 unspecified atom stereocenters. The molecule has 0 aromatic heterocycles. The number of nitrogens with zero attached hydrogens (tertiary/aromatic N) is 1. The van der Waals surface area contributed by atoms with Gasteiger partial charge in [0.25, 0.3) is 5.69 Å². The molecule has 1 N–H and O–H groups in total. The van der Waals surface area contributed by atoms with Gasteiger partial charge in [-0.15, -0.1) is 0 Å². The van der Waals surface area contributed by atoms with Crippen LogP contribution < -0.4 is 5.32 Å². The quantitative estimate of drug-likeness (QED) is 0.599. The number of benzene rings is 2. The molecule has 2 aromatic rings. The summed E-state index contributed by atoms with van der Waals surface area (Å²) in [4.78, 5) is 10.8. The highest BCUT2D eigenvalue weighted by atomic mass is 79.9. The average molecular weight is 349 g/mol. The van der Waals surface area contributed by atoms with Crippen LogP contribution in [0.25, 0.3) is 0 Å². The Morgan fingerprint density at radius 1 is 1.14 bits per heavy atom. The van der Waals surface area contributed by atoms with Crippen molar-refractivity contribution in [3.63, 3.8) is 0 Å². The van der Waals surface area contributed by atoms with E-state index in [2.05, 4.69) is 35.1 Å². The number of nitrogens with one attached hydrogen (secondary N) is 1. The molecule has 0 spiro atoms. The largest absolute Gasteiger partial charge is 0.372 e. The van der Waals surface area contributed by atoms with Crippen molar-refractivity contribution in [2.45, 2.75) is 19.9 Å². The third-order valence-corrected chi connectivity index (χ3v) is 3.79. The molecule has 110 valence electrons. The van der Waals surface area contributed by atoms with Gasteiger partial charge in [-0.2, -0.15) is 0 Å². The molecule has 4 nitrogen and oxygen atoms in total. The molecule has 1 atom stereocenters. The smallest absolute Gasteiger partial charge is 0.293 e.